The van der Waals surface area contributed by atoms with Gasteiger partial charge in [-0.25, -0.2) is 0 Å². The summed E-state index contributed by atoms with van der Waals surface area (Å²) in [5.74, 6) is -0.586. The van der Waals surface area contributed by atoms with E-state index in [1.54, 1.807) is 0 Å². The van der Waals surface area contributed by atoms with Crippen LogP contribution in [-0.4, -0.2) is 10.9 Å². The van der Waals surface area contributed by atoms with Crippen molar-refractivity contribution in [2.45, 2.75) is 12.7 Å². The Balaban J connectivity index is 2.02. The van der Waals surface area contributed by atoms with Crippen molar-refractivity contribution in [3.8, 4) is 0 Å². The third kappa shape index (κ3) is 3.71. The fourth-order valence-corrected chi connectivity index (χ4v) is 1.69. The molecule has 1 heterocycles. The van der Waals surface area contributed by atoms with Crippen LogP contribution in [0.25, 0.3) is 0 Å². The van der Waals surface area contributed by atoms with E-state index in [9.17, 15) is 22.8 Å². The van der Waals surface area contributed by atoms with Crippen LogP contribution in [0.1, 0.15) is 21.5 Å². The molecule has 0 fully saturated rings. The lowest BCUT2D eigenvalue weighted by Crippen LogP contribution is -2.28. The van der Waals surface area contributed by atoms with Gasteiger partial charge in [0.2, 0.25) is 0 Å². The van der Waals surface area contributed by atoms with Gasteiger partial charge in [0.05, 0.1) is 5.56 Å². The van der Waals surface area contributed by atoms with Crippen LogP contribution in [0.15, 0.2) is 47.4 Å². The fourth-order valence-electron chi connectivity index (χ4n) is 1.69. The number of carbonyl (C=O) groups is 1. The van der Waals surface area contributed by atoms with Gasteiger partial charge in [-0.1, -0.05) is 12.1 Å². The maximum Gasteiger partial charge on any atom is 0.416 e. The standard InChI is InChI=1S/C14H11F3N2O2/c15-14(16,17)10-5-3-9(4-6-10)8-19-13(21)11-2-1-7-18-12(11)20/h1-7H,8H2,(H,18,20)(H,19,21). The number of H-pyrrole nitrogens is 1. The normalized spacial score (nSPS) is 11.2. The van der Waals surface area contributed by atoms with Gasteiger partial charge in [-0.05, 0) is 29.8 Å². The van der Waals surface area contributed by atoms with Crippen LogP contribution in [-0.2, 0) is 12.7 Å². The average Bonchev–Trinajstić information content (AvgIpc) is 2.45. The van der Waals surface area contributed by atoms with E-state index >= 15 is 0 Å². The summed E-state index contributed by atoms with van der Waals surface area (Å²) in [4.78, 5) is 25.5. The number of carbonyl (C=O) groups excluding carboxylic acids is 1. The van der Waals surface area contributed by atoms with Crippen molar-refractivity contribution >= 4 is 5.91 Å². The van der Waals surface area contributed by atoms with Gasteiger partial charge in [0, 0.05) is 12.7 Å². The highest BCUT2D eigenvalue weighted by molar-refractivity contribution is 5.93. The smallest absolute Gasteiger partial charge is 0.348 e. The largest absolute Gasteiger partial charge is 0.416 e. The molecule has 2 aromatic rings. The summed E-state index contributed by atoms with van der Waals surface area (Å²) < 4.78 is 37.2. The highest BCUT2D eigenvalue weighted by Gasteiger charge is 2.29. The van der Waals surface area contributed by atoms with Crippen LogP contribution in [0.2, 0.25) is 0 Å². The Morgan fingerprint density at radius 3 is 2.38 bits per heavy atom. The Kier molecular flexibility index (Phi) is 4.11. The summed E-state index contributed by atoms with van der Waals surface area (Å²) in [6.45, 7) is 0.0330. The first-order chi connectivity index (χ1) is 9.88. The molecule has 0 unspecified atom stereocenters. The molecule has 2 rings (SSSR count). The van der Waals surface area contributed by atoms with Gasteiger partial charge in [-0.3, -0.25) is 9.59 Å². The molecule has 4 nitrogen and oxygen atoms in total. The molecule has 0 atom stereocenters. The Hall–Kier alpha value is -2.57. The molecule has 0 aliphatic carbocycles. The molecule has 0 aliphatic rings. The molecular formula is C14H11F3N2O2. The maximum absolute atomic E-state index is 12.4. The van der Waals surface area contributed by atoms with Crippen molar-refractivity contribution in [2.24, 2.45) is 0 Å². The number of hydrogen-bond acceptors (Lipinski definition) is 2. The van der Waals surface area contributed by atoms with Gasteiger partial charge in [0.15, 0.2) is 0 Å². The monoisotopic (exact) mass is 296 g/mol. The molecule has 0 saturated heterocycles. The van der Waals surface area contributed by atoms with Crippen molar-refractivity contribution in [1.29, 1.82) is 0 Å². The minimum atomic E-state index is -4.39. The number of halogens is 3. The van der Waals surface area contributed by atoms with Crippen molar-refractivity contribution in [3.05, 3.63) is 69.6 Å². The number of aromatic amines is 1. The van der Waals surface area contributed by atoms with Crippen LogP contribution in [0, 0.1) is 0 Å². The number of benzene rings is 1. The highest BCUT2D eigenvalue weighted by atomic mass is 19.4. The van der Waals surface area contributed by atoms with E-state index in [1.807, 2.05) is 0 Å². The van der Waals surface area contributed by atoms with Crippen molar-refractivity contribution < 1.29 is 18.0 Å². The molecule has 110 valence electrons. The lowest BCUT2D eigenvalue weighted by atomic mass is 10.1. The number of amides is 1. The zero-order chi connectivity index (χ0) is 15.5. The summed E-state index contributed by atoms with van der Waals surface area (Å²) >= 11 is 0. The third-order valence-electron chi connectivity index (χ3n) is 2.80. The predicted molar refractivity (Wildman–Crippen MR) is 69.7 cm³/mol. The van der Waals surface area contributed by atoms with Gasteiger partial charge < -0.3 is 10.3 Å². The van der Waals surface area contributed by atoms with Crippen LogP contribution in [0.5, 0.6) is 0 Å². The first-order valence-corrected chi connectivity index (χ1v) is 6.00. The molecule has 1 aromatic heterocycles. The molecular weight excluding hydrogens is 285 g/mol. The van der Waals surface area contributed by atoms with E-state index < -0.39 is 23.2 Å². The van der Waals surface area contributed by atoms with E-state index in [1.165, 1.54) is 30.5 Å². The first kappa shape index (κ1) is 14.8. The first-order valence-electron chi connectivity index (χ1n) is 6.00. The van der Waals surface area contributed by atoms with Crippen molar-refractivity contribution in [3.63, 3.8) is 0 Å². The lowest BCUT2D eigenvalue weighted by Gasteiger charge is -2.08. The fraction of sp³-hybridized carbons (Fsp3) is 0.143. The summed E-state index contributed by atoms with van der Waals surface area (Å²) in [5, 5.41) is 2.47. The van der Waals surface area contributed by atoms with Gasteiger partial charge in [-0.15, -0.1) is 0 Å². The molecule has 0 bridgehead atoms. The van der Waals surface area contributed by atoms with Crippen LogP contribution < -0.4 is 10.9 Å². The second-order valence-electron chi connectivity index (χ2n) is 4.29. The lowest BCUT2D eigenvalue weighted by molar-refractivity contribution is -0.137. The maximum atomic E-state index is 12.4. The summed E-state index contributed by atoms with van der Waals surface area (Å²) in [6.07, 6.45) is -2.99. The van der Waals surface area contributed by atoms with E-state index in [-0.39, 0.29) is 12.1 Å². The molecule has 0 spiro atoms. The minimum Gasteiger partial charge on any atom is -0.348 e. The number of rotatable bonds is 3. The van der Waals surface area contributed by atoms with E-state index in [4.69, 9.17) is 0 Å². The molecule has 1 aromatic carbocycles. The number of alkyl halides is 3. The molecule has 7 heteroatoms. The molecule has 0 saturated carbocycles. The van der Waals surface area contributed by atoms with Gasteiger partial charge >= 0.3 is 6.18 Å². The topological polar surface area (TPSA) is 62.0 Å². The van der Waals surface area contributed by atoms with Crippen LogP contribution >= 0.6 is 0 Å². The molecule has 2 N–H and O–H groups in total. The third-order valence-corrected chi connectivity index (χ3v) is 2.80. The van der Waals surface area contributed by atoms with E-state index in [2.05, 4.69) is 10.3 Å². The zero-order valence-electron chi connectivity index (χ0n) is 10.7. The number of pyridine rings is 1. The second-order valence-corrected chi connectivity index (χ2v) is 4.29. The van der Waals surface area contributed by atoms with E-state index in [0.717, 1.165) is 12.1 Å². The van der Waals surface area contributed by atoms with Crippen molar-refractivity contribution in [2.75, 3.05) is 0 Å². The molecule has 1 amide bonds. The Morgan fingerprint density at radius 2 is 1.81 bits per heavy atom. The zero-order valence-corrected chi connectivity index (χ0v) is 10.7. The summed E-state index contributed by atoms with van der Waals surface area (Å²) in [6, 6.07) is 7.31. The quantitative estimate of drug-likeness (QED) is 0.913. The van der Waals surface area contributed by atoms with Gasteiger partial charge in [0.25, 0.3) is 11.5 Å². The minimum absolute atomic E-state index is 0.0330. The Bertz CT molecular complexity index is 690. The summed E-state index contributed by atoms with van der Waals surface area (Å²) in [7, 11) is 0. The second kappa shape index (κ2) is 5.82. The number of hydrogen-bond donors (Lipinski definition) is 2. The predicted octanol–water partition coefficient (Wildman–Crippen LogP) is 2.32. The van der Waals surface area contributed by atoms with Gasteiger partial charge in [0.1, 0.15) is 5.56 Å². The van der Waals surface area contributed by atoms with Crippen LogP contribution in [0.3, 0.4) is 0 Å². The average molecular weight is 296 g/mol. The molecule has 0 radical (unpaired) electrons. The Labute approximate surface area is 117 Å². The number of nitrogens with one attached hydrogen (secondary N) is 2. The van der Waals surface area contributed by atoms with Crippen LogP contribution in [0.4, 0.5) is 13.2 Å². The SMILES string of the molecule is O=C(NCc1ccc(C(F)(F)F)cc1)c1ccc[nH]c1=O. The molecule has 0 aliphatic heterocycles. The Morgan fingerprint density at radius 1 is 1.14 bits per heavy atom. The van der Waals surface area contributed by atoms with Crippen molar-refractivity contribution in [1.82, 2.24) is 10.3 Å². The molecule has 21 heavy (non-hydrogen) atoms. The summed E-state index contributed by atoms with van der Waals surface area (Å²) in [5.41, 5.74) is -0.826. The van der Waals surface area contributed by atoms with E-state index in [0.29, 0.717) is 5.56 Å². The number of aromatic nitrogens is 1. The van der Waals surface area contributed by atoms with Gasteiger partial charge in [-0.2, -0.15) is 13.2 Å². The highest BCUT2D eigenvalue weighted by Crippen LogP contribution is 2.28.